The summed E-state index contributed by atoms with van der Waals surface area (Å²) in [5.74, 6) is -1.56. The molecule has 0 radical (unpaired) electrons. The highest BCUT2D eigenvalue weighted by Crippen LogP contribution is 2.32. The van der Waals surface area contributed by atoms with Gasteiger partial charge in [0.2, 0.25) is 5.95 Å². The van der Waals surface area contributed by atoms with E-state index in [1.807, 2.05) is 6.92 Å². The Morgan fingerprint density at radius 1 is 1.05 bits per heavy atom. The Morgan fingerprint density at radius 3 is 2.57 bits per heavy atom. The molecule has 0 spiro atoms. The number of aromatic nitrogens is 6. The quantitative estimate of drug-likeness (QED) is 0.203. The van der Waals surface area contributed by atoms with Crippen LogP contribution in [0.4, 0.5) is 19.9 Å². The zero-order valence-electron chi connectivity index (χ0n) is 21.8. The van der Waals surface area contributed by atoms with E-state index in [1.54, 1.807) is 42.2 Å². The van der Waals surface area contributed by atoms with E-state index in [0.717, 1.165) is 22.3 Å². The Balaban J connectivity index is 0.00000353. The molecule has 4 heterocycles. The summed E-state index contributed by atoms with van der Waals surface area (Å²) < 4.78 is 30.8. The first-order valence-corrected chi connectivity index (χ1v) is 13.2. The van der Waals surface area contributed by atoms with E-state index in [9.17, 15) is 18.4 Å². The van der Waals surface area contributed by atoms with Crippen LogP contribution in [-0.4, -0.2) is 35.4 Å². The van der Waals surface area contributed by atoms with Crippen LogP contribution in [0.1, 0.15) is 21.7 Å². The van der Waals surface area contributed by atoms with Crippen molar-refractivity contribution in [3.63, 3.8) is 0 Å². The Labute approximate surface area is 251 Å². The maximum atomic E-state index is 14.9. The van der Waals surface area contributed by atoms with Crippen molar-refractivity contribution >= 4 is 56.3 Å². The standard InChI is InChI=1S/C28H20F2N8O2S.BrH/c1-15-5-6-16(26(40)37-28-33-11-12-41-28)13-18(15)23-17-7-8-22(39)38(24-19(29)3-2-4-20(24)30)25(17)36-27(35-23)34-14-21-31-9-10-32-21;/h2-13H,14H2,1H3,(H,31,32)(H,33,37,40)(H,34,35,36);1H. The molecule has 0 aliphatic heterocycles. The number of carbonyl (C=O) groups is 1. The van der Waals surface area contributed by atoms with E-state index in [-0.39, 0.29) is 41.0 Å². The van der Waals surface area contributed by atoms with Gasteiger partial charge in [-0.2, -0.15) is 4.98 Å². The van der Waals surface area contributed by atoms with Crippen LogP contribution >= 0.6 is 28.3 Å². The van der Waals surface area contributed by atoms with Crippen LogP contribution in [0.25, 0.3) is 28.0 Å². The zero-order valence-corrected chi connectivity index (χ0v) is 24.3. The second kappa shape index (κ2) is 12.0. The van der Waals surface area contributed by atoms with Crippen LogP contribution in [0.3, 0.4) is 0 Å². The third kappa shape index (κ3) is 5.53. The van der Waals surface area contributed by atoms with Gasteiger partial charge in [0.15, 0.2) is 10.8 Å². The second-order valence-electron chi connectivity index (χ2n) is 8.92. The number of amides is 1. The summed E-state index contributed by atoms with van der Waals surface area (Å²) in [5.41, 5.74) is 0.752. The number of rotatable bonds is 7. The number of nitrogens with zero attached hydrogens (tertiary/aromatic N) is 5. The molecular formula is C28H21BrF2N8O2S. The Hall–Kier alpha value is -4.82. The number of anilines is 2. The molecule has 0 unspecified atom stereocenters. The SMILES string of the molecule is Br.Cc1ccc(C(=O)Nc2nccs2)cc1-c1nc(NCc2ncc[nH]2)nc2c1ccc(=O)n2-c1c(F)cccc1F. The molecular weight excluding hydrogens is 630 g/mol. The van der Waals surface area contributed by atoms with Gasteiger partial charge in [-0.25, -0.2) is 23.7 Å². The smallest absolute Gasteiger partial charge is 0.257 e. The maximum absolute atomic E-state index is 14.9. The van der Waals surface area contributed by atoms with Gasteiger partial charge in [-0.1, -0.05) is 12.1 Å². The molecule has 6 rings (SSSR count). The number of aryl methyl sites for hydroxylation is 1. The molecule has 0 saturated carbocycles. The number of carbonyl (C=O) groups excluding carboxylic acids is 1. The molecule has 0 saturated heterocycles. The summed E-state index contributed by atoms with van der Waals surface area (Å²) in [6.45, 7) is 2.05. The average Bonchev–Trinajstić information content (AvgIpc) is 3.67. The highest BCUT2D eigenvalue weighted by atomic mass is 79.9. The highest BCUT2D eigenvalue weighted by Gasteiger charge is 2.21. The molecule has 1 amide bonds. The lowest BCUT2D eigenvalue weighted by Gasteiger charge is -2.16. The fourth-order valence-electron chi connectivity index (χ4n) is 4.35. The number of hydrogen-bond acceptors (Lipinski definition) is 8. The van der Waals surface area contributed by atoms with Crippen LogP contribution in [0.2, 0.25) is 0 Å². The monoisotopic (exact) mass is 650 g/mol. The molecule has 0 atom stereocenters. The molecule has 10 nitrogen and oxygen atoms in total. The predicted molar refractivity (Wildman–Crippen MR) is 162 cm³/mol. The van der Waals surface area contributed by atoms with Crippen LogP contribution in [-0.2, 0) is 6.54 Å². The first-order chi connectivity index (χ1) is 19.9. The van der Waals surface area contributed by atoms with Crippen LogP contribution < -0.4 is 16.2 Å². The van der Waals surface area contributed by atoms with E-state index < -0.39 is 22.9 Å². The lowest BCUT2D eigenvalue weighted by molar-refractivity contribution is 0.102. The lowest BCUT2D eigenvalue weighted by atomic mass is 9.99. The molecule has 4 aromatic heterocycles. The van der Waals surface area contributed by atoms with Crippen molar-refractivity contribution in [2.24, 2.45) is 0 Å². The molecule has 0 aliphatic rings. The fraction of sp³-hybridized carbons (Fsp3) is 0.0714. The average molecular weight is 651 g/mol. The normalized spacial score (nSPS) is 10.8. The molecule has 212 valence electrons. The number of thiazole rings is 1. The second-order valence-corrected chi connectivity index (χ2v) is 9.82. The van der Waals surface area contributed by atoms with Crippen LogP contribution in [0.5, 0.6) is 0 Å². The van der Waals surface area contributed by atoms with Gasteiger partial charge in [0.05, 0.1) is 12.2 Å². The highest BCUT2D eigenvalue weighted by molar-refractivity contribution is 8.93. The minimum absolute atomic E-state index is 0. The van der Waals surface area contributed by atoms with E-state index in [0.29, 0.717) is 33.2 Å². The van der Waals surface area contributed by atoms with Crippen molar-refractivity contribution in [1.82, 2.24) is 29.5 Å². The van der Waals surface area contributed by atoms with E-state index in [4.69, 9.17) is 4.98 Å². The van der Waals surface area contributed by atoms with Crippen molar-refractivity contribution in [1.29, 1.82) is 0 Å². The molecule has 0 bridgehead atoms. The van der Waals surface area contributed by atoms with Crippen molar-refractivity contribution in [3.8, 4) is 16.9 Å². The number of halogens is 3. The number of fused-ring (bicyclic) bond motifs is 1. The first-order valence-electron chi connectivity index (χ1n) is 12.3. The number of imidazole rings is 1. The van der Waals surface area contributed by atoms with Gasteiger partial charge < -0.3 is 10.3 Å². The van der Waals surface area contributed by atoms with Crippen molar-refractivity contribution in [2.45, 2.75) is 13.5 Å². The number of benzene rings is 2. The summed E-state index contributed by atoms with van der Waals surface area (Å²) >= 11 is 1.29. The Morgan fingerprint density at radius 2 is 1.86 bits per heavy atom. The summed E-state index contributed by atoms with van der Waals surface area (Å²) in [4.78, 5) is 46.5. The van der Waals surface area contributed by atoms with Crippen LogP contribution in [0, 0.1) is 18.6 Å². The van der Waals surface area contributed by atoms with E-state index in [2.05, 4.69) is 30.6 Å². The Kier molecular flexibility index (Phi) is 8.17. The number of hydrogen-bond donors (Lipinski definition) is 3. The molecule has 2 aromatic carbocycles. The minimum Gasteiger partial charge on any atom is -0.347 e. The summed E-state index contributed by atoms with van der Waals surface area (Å²) in [6, 6.07) is 11.1. The van der Waals surface area contributed by atoms with Gasteiger partial charge in [-0.15, -0.1) is 28.3 Å². The number of pyridine rings is 1. The zero-order chi connectivity index (χ0) is 28.5. The topological polar surface area (TPSA) is 130 Å². The number of H-pyrrole nitrogens is 1. The maximum Gasteiger partial charge on any atom is 0.257 e. The molecule has 0 aliphatic carbocycles. The first kappa shape index (κ1) is 28.7. The molecule has 42 heavy (non-hydrogen) atoms. The van der Waals surface area contributed by atoms with Gasteiger partial charge >= 0.3 is 0 Å². The lowest BCUT2D eigenvalue weighted by Crippen LogP contribution is -2.21. The van der Waals surface area contributed by atoms with E-state index >= 15 is 0 Å². The largest absolute Gasteiger partial charge is 0.347 e. The predicted octanol–water partition coefficient (Wildman–Crippen LogP) is 5.66. The van der Waals surface area contributed by atoms with Gasteiger partial charge in [0.25, 0.3) is 11.5 Å². The number of para-hydroxylation sites is 1. The molecule has 6 aromatic rings. The van der Waals surface area contributed by atoms with Crippen molar-refractivity contribution < 1.29 is 13.6 Å². The minimum atomic E-state index is -0.929. The van der Waals surface area contributed by atoms with Crippen LogP contribution in [0.15, 0.2) is 77.3 Å². The number of nitrogens with one attached hydrogen (secondary N) is 3. The van der Waals surface area contributed by atoms with E-state index in [1.165, 1.54) is 29.5 Å². The molecule has 0 fully saturated rings. The Bertz CT molecular complexity index is 1940. The summed E-state index contributed by atoms with van der Waals surface area (Å²) in [6.07, 6.45) is 4.84. The molecule has 14 heteroatoms. The van der Waals surface area contributed by atoms with Crippen molar-refractivity contribution in [3.05, 3.63) is 111 Å². The van der Waals surface area contributed by atoms with Crippen molar-refractivity contribution in [2.75, 3.05) is 10.6 Å². The summed E-state index contributed by atoms with van der Waals surface area (Å²) in [7, 11) is 0. The fourth-order valence-corrected chi connectivity index (χ4v) is 4.87. The van der Waals surface area contributed by atoms with Gasteiger partial charge in [0.1, 0.15) is 23.1 Å². The third-order valence-electron chi connectivity index (χ3n) is 6.29. The number of aromatic amines is 1. The summed E-state index contributed by atoms with van der Waals surface area (Å²) in [5, 5.41) is 8.36. The van der Waals surface area contributed by atoms with Gasteiger partial charge in [0, 0.05) is 46.6 Å². The third-order valence-corrected chi connectivity index (χ3v) is 6.98. The van der Waals surface area contributed by atoms with Gasteiger partial charge in [-0.05, 0) is 42.8 Å². The van der Waals surface area contributed by atoms with Gasteiger partial charge in [-0.3, -0.25) is 19.5 Å². The molecule has 3 N–H and O–H groups in total.